The van der Waals surface area contributed by atoms with Crippen LogP contribution < -0.4 is 0 Å². The Balaban J connectivity index is 1.75. The molecule has 1 saturated heterocycles. The minimum absolute atomic E-state index is 0.0466. The number of sulfonamides is 1. The fourth-order valence-corrected chi connectivity index (χ4v) is 4.55. The third-order valence-electron chi connectivity index (χ3n) is 4.83. The predicted octanol–water partition coefficient (Wildman–Crippen LogP) is 2.08. The van der Waals surface area contributed by atoms with Crippen molar-refractivity contribution < 1.29 is 13.2 Å². The zero-order chi connectivity index (χ0) is 16.7. The van der Waals surface area contributed by atoms with Crippen LogP contribution in [0.1, 0.15) is 31.7 Å². The van der Waals surface area contributed by atoms with Crippen molar-refractivity contribution in [3.05, 3.63) is 29.8 Å². The lowest BCUT2D eigenvalue weighted by Crippen LogP contribution is -2.57. The van der Waals surface area contributed by atoms with E-state index in [4.69, 9.17) is 4.74 Å². The number of hydrogen-bond donors (Lipinski definition) is 0. The number of rotatable bonds is 4. The maximum Gasteiger partial charge on any atom is 0.242 e. The first kappa shape index (κ1) is 16.9. The van der Waals surface area contributed by atoms with Crippen LogP contribution in [0.15, 0.2) is 29.2 Å². The van der Waals surface area contributed by atoms with Crippen molar-refractivity contribution in [2.45, 2.75) is 49.3 Å². The molecule has 6 heteroatoms. The van der Waals surface area contributed by atoms with Crippen molar-refractivity contribution in [2.75, 3.05) is 27.2 Å². The highest BCUT2D eigenvalue weighted by Gasteiger charge is 2.44. The number of nitrogens with zero attached hydrogens (tertiary/aromatic N) is 2. The van der Waals surface area contributed by atoms with Crippen molar-refractivity contribution in [1.82, 2.24) is 9.21 Å². The van der Waals surface area contributed by atoms with Crippen LogP contribution in [0.3, 0.4) is 0 Å². The van der Waals surface area contributed by atoms with Crippen LogP contribution in [0.5, 0.6) is 0 Å². The van der Waals surface area contributed by atoms with Crippen molar-refractivity contribution in [3.63, 3.8) is 0 Å². The topological polar surface area (TPSA) is 49.9 Å². The van der Waals surface area contributed by atoms with Crippen molar-refractivity contribution in [2.24, 2.45) is 0 Å². The summed E-state index contributed by atoms with van der Waals surface area (Å²) in [6, 6.07) is 7.29. The average Bonchev–Trinajstić information content (AvgIpc) is 2.45. The van der Waals surface area contributed by atoms with Gasteiger partial charge in [0.15, 0.2) is 0 Å². The Morgan fingerprint density at radius 3 is 2.70 bits per heavy atom. The Labute approximate surface area is 139 Å². The summed E-state index contributed by atoms with van der Waals surface area (Å²) in [7, 11) is -0.254. The molecule has 1 atom stereocenters. The monoisotopic (exact) mass is 338 g/mol. The molecule has 128 valence electrons. The smallest absolute Gasteiger partial charge is 0.242 e. The molecule has 23 heavy (non-hydrogen) atoms. The van der Waals surface area contributed by atoms with Crippen molar-refractivity contribution >= 4 is 10.0 Å². The molecule has 0 radical (unpaired) electrons. The first-order chi connectivity index (χ1) is 10.8. The summed E-state index contributed by atoms with van der Waals surface area (Å²) in [6.07, 6.45) is 3.76. The van der Waals surface area contributed by atoms with Gasteiger partial charge in [-0.25, -0.2) is 12.7 Å². The van der Waals surface area contributed by atoms with Crippen LogP contribution in [0.25, 0.3) is 0 Å². The third-order valence-corrected chi connectivity index (χ3v) is 6.64. The van der Waals surface area contributed by atoms with E-state index in [1.807, 2.05) is 12.1 Å². The molecule has 2 aliphatic rings. The van der Waals surface area contributed by atoms with Crippen LogP contribution >= 0.6 is 0 Å². The summed E-state index contributed by atoms with van der Waals surface area (Å²) < 4.78 is 32.0. The van der Waals surface area contributed by atoms with Gasteiger partial charge in [-0.05, 0) is 43.9 Å². The summed E-state index contributed by atoms with van der Waals surface area (Å²) in [6.45, 7) is 4.74. The molecule has 0 N–H and O–H groups in total. The first-order valence-corrected chi connectivity index (χ1v) is 9.66. The summed E-state index contributed by atoms with van der Waals surface area (Å²) >= 11 is 0. The maximum atomic E-state index is 12.3. The highest BCUT2D eigenvalue weighted by Crippen LogP contribution is 2.40. The second kappa shape index (κ2) is 6.16. The Morgan fingerprint density at radius 1 is 1.35 bits per heavy atom. The molecule has 1 unspecified atom stereocenters. The second-order valence-corrected chi connectivity index (χ2v) is 9.22. The zero-order valence-corrected chi connectivity index (χ0v) is 15.0. The van der Waals surface area contributed by atoms with E-state index < -0.39 is 10.0 Å². The summed E-state index contributed by atoms with van der Waals surface area (Å²) in [4.78, 5) is 2.76. The minimum atomic E-state index is -3.38. The Kier molecular flexibility index (Phi) is 4.53. The van der Waals surface area contributed by atoms with Gasteiger partial charge < -0.3 is 4.74 Å². The van der Waals surface area contributed by atoms with Crippen LogP contribution in [0.2, 0.25) is 0 Å². The van der Waals surface area contributed by atoms with E-state index in [1.165, 1.54) is 10.7 Å². The lowest BCUT2D eigenvalue weighted by atomic mass is 9.78. The van der Waals surface area contributed by atoms with E-state index in [1.54, 1.807) is 26.2 Å². The van der Waals surface area contributed by atoms with Gasteiger partial charge >= 0.3 is 0 Å². The SMILES string of the molecule is CC1CN(Cc2cccc(S(=O)(=O)N(C)C)c2)CC2(CCC2)O1. The molecule has 0 bridgehead atoms. The fraction of sp³-hybridized carbons (Fsp3) is 0.647. The van der Waals surface area contributed by atoms with Crippen LogP contribution in [-0.2, 0) is 21.3 Å². The molecule has 1 aromatic rings. The normalized spacial score (nSPS) is 24.8. The summed E-state index contributed by atoms with van der Waals surface area (Å²) in [5, 5.41) is 0. The molecule has 3 rings (SSSR count). The van der Waals surface area contributed by atoms with Gasteiger partial charge in [-0.2, -0.15) is 0 Å². The second-order valence-electron chi connectivity index (χ2n) is 7.07. The lowest BCUT2D eigenvalue weighted by Gasteiger charge is -2.50. The van der Waals surface area contributed by atoms with Gasteiger partial charge in [0.2, 0.25) is 10.0 Å². The van der Waals surface area contributed by atoms with Gasteiger partial charge in [0.1, 0.15) is 0 Å². The Bertz CT molecular complexity index is 668. The van der Waals surface area contributed by atoms with Gasteiger partial charge in [-0.1, -0.05) is 12.1 Å². The van der Waals surface area contributed by atoms with Gasteiger partial charge in [0.05, 0.1) is 16.6 Å². The van der Waals surface area contributed by atoms with Crippen LogP contribution in [0.4, 0.5) is 0 Å². The summed E-state index contributed by atoms with van der Waals surface area (Å²) in [5.74, 6) is 0. The first-order valence-electron chi connectivity index (χ1n) is 8.22. The molecular formula is C17H26N2O3S. The molecule has 1 saturated carbocycles. The molecule has 1 aliphatic heterocycles. The molecule has 1 aromatic carbocycles. The molecule has 1 spiro atoms. The lowest BCUT2D eigenvalue weighted by molar-refractivity contribution is -0.186. The van der Waals surface area contributed by atoms with Crippen LogP contribution in [0, 0.1) is 0 Å². The van der Waals surface area contributed by atoms with Crippen molar-refractivity contribution in [1.29, 1.82) is 0 Å². The summed E-state index contributed by atoms with van der Waals surface area (Å²) in [5.41, 5.74) is 1.09. The Morgan fingerprint density at radius 2 is 2.09 bits per heavy atom. The molecular weight excluding hydrogens is 312 g/mol. The van der Waals surface area contributed by atoms with Gasteiger partial charge in [-0.3, -0.25) is 4.90 Å². The molecule has 0 aromatic heterocycles. The van der Waals surface area contributed by atoms with E-state index in [9.17, 15) is 8.42 Å². The standard InChI is InChI=1S/C17H26N2O3S/c1-14-11-19(13-17(22-14)8-5-9-17)12-15-6-4-7-16(10-15)23(20,21)18(2)3/h4,6-7,10,14H,5,8-9,11-13H2,1-3H3. The van der Waals surface area contributed by atoms with Gasteiger partial charge in [0, 0.05) is 33.7 Å². The highest BCUT2D eigenvalue weighted by molar-refractivity contribution is 7.89. The number of benzene rings is 1. The van der Waals surface area contributed by atoms with E-state index in [-0.39, 0.29) is 11.7 Å². The fourth-order valence-electron chi connectivity index (χ4n) is 3.58. The van der Waals surface area contributed by atoms with Crippen LogP contribution in [-0.4, -0.2) is 56.5 Å². The predicted molar refractivity (Wildman–Crippen MR) is 89.7 cm³/mol. The molecule has 1 heterocycles. The number of morpholine rings is 1. The average molecular weight is 338 g/mol. The molecule has 1 aliphatic carbocycles. The minimum Gasteiger partial charge on any atom is -0.369 e. The maximum absolute atomic E-state index is 12.3. The van der Waals surface area contributed by atoms with E-state index >= 15 is 0 Å². The van der Waals surface area contributed by atoms with E-state index in [2.05, 4.69) is 11.8 Å². The largest absolute Gasteiger partial charge is 0.369 e. The molecule has 0 amide bonds. The third kappa shape index (κ3) is 3.45. The van der Waals surface area contributed by atoms with Crippen molar-refractivity contribution in [3.8, 4) is 0 Å². The number of ether oxygens (including phenoxy) is 1. The van der Waals surface area contributed by atoms with Gasteiger partial charge in [0.25, 0.3) is 0 Å². The zero-order valence-electron chi connectivity index (χ0n) is 14.2. The molecule has 5 nitrogen and oxygen atoms in total. The Hall–Kier alpha value is -0.950. The van der Waals surface area contributed by atoms with Gasteiger partial charge in [-0.15, -0.1) is 0 Å². The highest BCUT2D eigenvalue weighted by atomic mass is 32.2. The quantitative estimate of drug-likeness (QED) is 0.843. The van der Waals surface area contributed by atoms with E-state index in [0.717, 1.165) is 38.0 Å². The van der Waals surface area contributed by atoms with E-state index in [0.29, 0.717) is 4.90 Å². The number of hydrogen-bond acceptors (Lipinski definition) is 4. The molecule has 2 fully saturated rings.